The molecule has 11 heteroatoms. The van der Waals surface area contributed by atoms with Crippen LogP contribution in [0.3, 0.4) is 0 Å². The molecule has 9 aliphatic carbocycles. The molecule has 0 aromatic heterocycles. The Morgan fingerprint density at radius 3 is 1.02 bits per heavy atom. The van der Waals surface area contributed by atoms with Gasteiger partial charge in [-0.05, 0) is 283 Å². The van der Waals surface area contributed by atoms with E-state index in [1.54, 1.807) is 0 Å². The van der Waals surface area contributed by atoms with Crippen molar-refractivity contribution >= 4 is 5.97 Å². The van der Waals surface area contributed by atoms with Gasteiger partial charge in [0.05, 0.1) is 18.3 Å². The van der Waals surface area contributed by atoms with Gasteiger partial charge in [-0.1, -0.05) is 106 Å². The zero-order chi connectivity index (χ0) is 60.0. The first-order chi connectivity index (χ1) is 38.0. The van der Waals surface area contributed by atoms with E-state index in [2.05, 4.69) is 99.6 Å². The fraction of sp³-hybridized carbons (Fsp3) is 0.900. The van der Waals surface area contributed by atoms with Crippen LogP contribution in [0.5, 0.6) is 0 Å². The molecule has 0 heterocycles. The van der Waals surface area contributed by atoms with Gasteiger partial charge in [0.25, 0.3) is 5.97 Å². The number of aliphatic hydroxyl groups is 6. The smallest absolute Gasteiger partial charge is 0.300 e. The highest BCUT2D eigenvalue weighted by atomic mass is 16.4. The highest BCUT2D eigenvalue weighted by Gasteiger charge is 2.60. The molecule has 9 aliphatic rings. The topological polar surface area (TPSA) is 209 Å². The van der Waals surface area contributed by atoms with Crippen molar-refractivity contribution in [2.45, 2.75) is 229 Å². The third kappa shape index (κ3) is 14.5. The average molecular weight is 1140 g/mol. The Kier molecular flexibility index (Phi) is 24.0. The molecule has 21 atom stereocenters. The van der Waals surface area contributed by atoms with Crippen molar-refractivity contribution in [2.75, 3.05) is 52.5 Å². The molecule has 6 unspecified atom stereocenters. The summed E-state index contributed by atoms with van der Waals surface area (Å²) >= 11 is 0. The van der Waals surface area contributed by atoms with Crippen LogP contribution in [0.1, 0.15) is 211 Å². The fourth-order valence-corrected chi connectivity index (χ4v) is 20.5. The summed E-state index contributed by atoms with van der Waals surface area (Å²) in [5.74, 6) is 6.91. The third-order valence-electron chi connectivity index (χ3n) is 26.0. The first kappa shape index (κ1) is 68.4. The van der Waals surface area contributed by atoms with Crippen molar-refractivity contribution in [1.82, 2.24) is 10.6 Å². The molecular weight excluding hydrogens is 1010 g/mol. The van der Waals surface area contributed by atoms with Gasteiger partial charge < -0.3 is 52.1 Å². The van der Waals surface area contributed by atoms with Crippen LogP contribution in [0.25, 0.3) is 0 Å². The van der Waals surface area contributed by atoms with Gasteiger partial charge in [0, 0.05) is 26.7 Å². The number of aliphatic carboxylic acids is 1. The number of fused-ring (bicyclic) bond motifs is 3. The van der Waals surface area contributed by atoms with E-state index in [4.69, 9.17) is 15.6 Å². The molecule has 0 aromatic rings. The molecule has 9 rings (SSSR count). The zero-order valence-electron chi connectivity index (χ0n) is 53.6. The minimum absolute atomic E-state index is 0.114. The van der Waals surface area contributed by atoms with Gasteiger partial charge in [0.1, 0.15) is 0 Å². The molecule has 0 aromatic carbocycles. The summed E-state index contributed by atoms with van der Waals surface area (Å²) in [4.78, 5) is 9.00. The van der Waals surface area contributed by atoms with Crippen LogP contribution in [-0.2, 0) is 4.79 Å². The SMILES string of the molecule is C=C1CCC2[C@H](CN)C([C@@]3(C)CC[C@H](O)C[C@@H]3CO)CC[C@]12C.C=C1CCC2[C@H](CNCC(C)C)C([C@@]3(C)CC[C@H](O)C[C@@H]3CO)CC[C@]12C.C=C1CCC2[C@H](CNCC(C)C)C([C@@]3(C)CC[C@H](O)C[C@@H]3CO)CC[C@]12C.CC(=O)O. The summed E-state index contributed by atoms with van der Waals surface area (Å²) in [5.41, 5.74) is 12.0. The quantitative estimate of drug-likeness (QED) is 0.0698. The second-order valence-corrected chi connectivity index (χ2v) is 31.2. The van der Waals surface area contributed by atoms with Gasteiger partial charge >= 0.3 is 0 Å². The van der Waals surface area contributed by atoms with Gasteiger partial charge in [-0.3, -0.25) is 4.79 Å². The second-order valence-electron chi connectivity index (χ2n) is 31.2. The first-order valence-electron chi connectivity index (χ1n) is 33.3. The molecule has 11 N–H and O–H groups in total. The predicted octanol–water partition coefficient (Wildman–Crippen LogP) is 12.0. The number of aliphatic hydroxyl groups excluding tert-OH is 6. The molecule has 0 bridgehead atoms. The van der Waals surface area contributed by atoms with Crippen molar-refractivity contribution in [1.29, 1.82) is 0 Å². The van der Waals surface area contributed by atoms with Crippen molar-refractivity contribution in [2.24, 2.45) is 121 Å². The van der Waals surface area contributed by atoms with Crippen LogP contribution in [-0.4, -0.2) is 113 Å². The average Bonchev–Trinajstić information content (AvgIpc) is 4.25. The molecule has 0 radical (unpaired) electrons. The van der Waals surface area contributed by atoms with E-state index >= 15 is 0 Å². The summed E-state index contributed by atoms with van der Waals surface area (Å²) in [6.07, 6.45) is 22.1. The third-order valence-corrected chi connectivity index (χ3v) is 26.0. The van der Waals surface area contributed by atoms with E-state index in [-0.39, 0.29) is 77.5 Å². The minimum Gasteiger partial charge on any atom is -0.481 e. The molecule has 9 saturated carbocycles. The Balaban J connectivity index is 0.000000190. The van der Waals surface area contributed by atoms with Crippen LogP contribution in [0.2, 0.25) is 0 Å². The standard InChI is InChI=1S/2C24H43NO2.C20H35NO2.C2H4O2/c2*1-16(2)13-25-14-20-21-7-6-17(3)23(21,4)11-9-22(20)24(5)10-8-19(27)12-18(24)15-26;1-13-4-5-17-16(11-21)18(7-9-19(13,17)2)20(3)8-6-15(23)10-14(20)12-22;1-2(3)4/h2*16,18-22,25-27H,3,6-15H2,1-2,4-5H3;14-18,22-23H,1,4-12,21H2,2-3H3;1H3,(H,3,4)/t2*18-,19+,20+,21?,22?,23-,24+;14-,15+,16+,17?,18?,19-,20+;/m111./s1. The van der Waals surface area contributed by atoms with Crippen LogP contribution < -0.4 is 16.4 Å². The maximum Gasteiger partial charge on any atom is 0.300 e. The largest absolute Gasteiger partial charge is 0.481 e. The summed E-state index contributed by atoms with van der Waals surface area (Å²) in [6, 6.07) is 0. The van der Waals surface area contributed by atoms with Crippen molar-refractivity contribution in [3.05, 3.63) is 36.5 Å². The Labute approximate surface area is 494 Å². The lowest BCUT2D eigenvalue weighted by Gasteiger charge is -2.56. The minimum atomic E-state index is -0.833. The maximum absolute atomic E-state index is 10.2. The van der Waals surface area contributed by atoms with E-state index in [0.717, 1.165) is 104 Å². The summed E-state index contributed by atoms with van der Waals surface area (Å²) in [5, 5.41) is 75.7. The lowest BCUT2D eigenvalue weighted by Crippen LogP contribution is -2.53. The number of hydrogen-bond acceptors (Lipinski definition) is 10. The Hall–Kier alpha value is -1.67. The number of nitrogens with two attached hydrogens (primary N) is 1. The van der Waals surface area contributed by atoms with E-state index in [1.165, 1.54) is 87.3 Å². The van der Waals surface area contributed by atoms with E-state index in [9.17, 15) is 30.6 Å². The van der Waals surface area contributed by atoms with Crippen LogP contribution in [0, 0.1) is 115 Å². The highest BCUT2D eigenvalue weighted by Crippen LogP contribution is 2.66. The van der Waals surface area contributed by atoms with Gasteiger partial charge in [0.2, 0.25) is 0 Å². The number of allylic oxidation sites excluding steroid dienone is 3. The molecule has 468 valence electrons. The molecule has 0 aliphatic heterocycles. The predicted molar refractivity (Wildman–Crippen MR) is 332 cm³/mol. The highest BCUT2D eigenvalue weighted by molar-refractivity contribution is 5.63. The van der Waals surface area contributed by atoms with Crippen LogP contribution in [0.15, 0.2) is 36.5 Å². The number of carboxylic acid groups (broad SMARTS) is 1. The second kappa shape index (κ2) is 28.4. The fourth-order valence-electron chi connectivity index (χ4n) is 20.5. The summed E-state index contributed by atoms with van der Waals surface area (Å²) in [6.45, 7) is 43.7. The van der Waals surface area contributed by atoms with Crippen LogP contribution in [0.4, 0.5) is 0 Å². The Bertz CT molecular complexity index is 1970. The van der Waals surface area contributed by atoms with E-state index in [0.29, 0.717) is 75.9 Å². The number of nitrogens with one attached hydrogen (secondary N) is 2. The van der Waals surface area contributed by atoms with Gasteiger partial charge in [-0.25, -0.2) is 0 Å². The normalized spacial score (nSPS) is 44.9. The van der Waals surface area contributed by atoms with Gasteiger partial charge in [0.15, 0.2) is 0 Å². The molecule has 0 spiro atoms. The number of rotatable bonds is 15. The number of carboxylic acids is 1. The van der Waals surface area contributed by atoms with Gasteiger partial charge in [-0.2, -0.15) is 0 Å². The molecule has 9 fully saturated rings. The monoisotopic (exact) mass is 1140 g/mol. The number of carbonyl (C=O) groups is 1. The van der Waals surface area contributed by atoms with Crippen molar-refractivity contribution < 1.29 is 40.5 Å². The lowest BCUT2D eigenvalue weighted by molar-refractivity contribution is -0.134. The molecule has 11 nitrogen and oxygen atoms in total. The number of hydrogen-bond donors (Lipinski definition) is 10. The molecule has 81 heavy (non-hydrogen) atoms. The van der Waals surface area contributed by atoms with Gasteiger partial charge in [-0.15, -0.1) is 0 Å². The Morgan fingerprint density at radius 1 is 0.494 bits per heavy atom. The Morgan fingerprint density at radius 2 is 0.765 bits per heavy atom. The zero-order valence-corrected chi connectivity index (χ0v) is 53.6. The van der Waals surface area contributed by atoms with Crippen molar-refractivity contribution in [3.63, 3.8) is 0 Å². The van der Waals surface area contributed by atoms with E-state index < -0.39 is 5.97 Å². The lowest BCUT2D eigenvalue weighted by atomic mass is 9.49. The van der Waals surface area contributed by atoms with E-state index in [1.807, 2.05) is 0 Å². The first-order valence-corrected chi connectivity index (χ1v) is 33.3. The molecule has 0 amide bonds. The maximum atomic E-state index is 10.2. The summed E-state index contributed by atoms with van der Waals surface area (Å²) < 4.78 is 0. The van der Waals surface area contributed by atoms with Crippen molar-refractivity contribution in [3.8, 4) is 0 Å². The molecular formula is C70H125N3O8. The summed E-state index contributed by atoms with van der Waals surface area (Å²) in [7, 11) is 0. The van der Waals surface area contributed by atoms with Crippen LogP contribution >= 0.6 is 0 Å². The molecule has 0 saturated heterocycles.